The molecule has 10 nitrogen and oxygen atoms in total. The Hall–Kier alpha value is -3.17. The van der Waals surface area contributed by atoms with Crippen molar-refractivity contribution in [2.24, 2.45) is 18.9 Å². The first kappa shape index (κ1) is 24.5. The van der Waals surface area contributed by atoms with Crippen molar-refractivity contribution in [2.75, 3.05) is 0 Å². The molecule has 3 N–H and O–H groups in total. The van der Waals surface area contributed by atoms with E-state index in [4.69, 9.17) is 4.74 Å². The van der Waals surface area contributed by atoms with Gasteiger partial charge in [-0.15, -0.1) is 5.10 Å². The molecule has 10 heteroatoms. The molecular formula is C23H34N6O4. The number of amides is 2. The van der Waals surface area contributed by atoms with Gasteiger partial charge in [-0.3, -0.25) is 4.79 Å². The number of carboxylic acid groups (broad SMARTS) is 1. The van der Waals surface area contributed by atoms with Gasteiger partial charge in [0, 0.05) is 13.1 Å². The summed E-state index contributed by atoms with van der Waals surface area (Å²) in [6.45, 7) is 8.17. The number of rotatable bonds is 8. The number of hydrogen-bond donors (Lipinski definition) is 3. The van der Waals surface area contributed by atoms with Crippen LogP contribution in [0.15, 0.2) is 12.1 Å². The molecular weight excluding hydrogens is 424 g/mol. The summed E-state index contributed by atoms with van der Waals surface area (Å²) in [6, 6.07) is 3.46. The van der Waals surface area contributed by atoms with Crippen LogP contribution in [0.1, 0.15) is 57.8 Å². The molecule has 2 aromatic heterocycles. The number of nitrogens with one attached hydrogen (secondary N) is 2. The summed E-state index contributed by atoms with van der Waals surface area (Å²) in [5, 5.41) is 23.4. The van der Waals surface area contributed by atoms with E-state index in [9.17, 15) is 14.7 Å². The first-order chi connectivity index (χ1) is 15.7. The van der Waals surface area contributed by atoms with Gasteiger partial charge in [0.1, 0.15) is 11.4 Å². The van der Waals surface area contributed by atoms with E-state index in [-0.39, 0.29) is 30.6 Å². The molecule has 0 radical (unpaired) electrons. The fourth-order valence-corrected chi connectivity index (χ4v) is 3.82. The van der Waals surface area contributed by atoms with Crippen LogP contribution in [0, 0.1) is 18.8 Å². The van der Waals surface area contributed by atoms with E-state index in [2.05, 4.69) is 25.9 Å². The van der Waals surface area contributed by atoms with Crippen molar-refractivity contribution in [3.05, 3.63) is 23.5 Å². The van der Waals surface area contributed by atoms with Gasteiger partial charge in [0.25, 0.3) is 0 Å². The molecule has 33 heavy (non-hydrogen) atoms. The van der Waals surface area contributed by atoms with Crippen molar-refractivity contribution < 1.29 is 19.4 Å². The van der Waals surface area contributed by atoms with Crippen molar-refractivity contribution in [1.82, 2.24) is 30.6 Å². The van der Waals surface area contributed by atoms with E-state index in [1.165, 1.54) is 0 Å². The molecule has 1 aliphatic carbocycles. The number of hydrogen-bond acceptors (Lipinski definition) is 6. The minimum atomic E-state index is -0.760. The smallest absolute Gasteiger partial charge is 0.315 e. The van der Waals surface area contributed by atoms with Crippen LogP contribution in [0.5, 0.6) is 5.75 Å². The average Bonchev–Trinajstić information content (AvgIpc) is 3.14. The first-order valence-electron chi connectivity index (χ1n) is 11.5. The maximum atomic E-state index is 12.2. The molecule has 2 heterocycles. The fraction of sp³-hybridized carbons (Fsp3) is 0.609. The van der Waals surface area contributed by atoms with Gasteiger partial charge in [0.2, 0.25) is 0 Å². The number of pyridine rings is 1. The second-order valence-electron chi connectivity index (χ2n) is 9.09. The van der Waals surface area contributed by atoms with E-state index in [0.717, 1.165) is 18.5 Å². The first-order valence-corrected chi connectivity index (χ1v) is 11.5. The second kappa shape index (κ2) is 10.6. The van der Waals surface area contributed by atoms with Crippen LogP contribution in [0.2, 0.25) is 0 Å². The zero-order valence-electron chi connectivity index (χ0n) is 20.0. The van der Waals surface area contributed by atoms with E-state index >= 15 is 0 Å². The van der Waals surface area contributed by atoms with Crippen LogP contribution in [0.25, 0.3) is 11.4 Å². The number of nitrogens with zero attached hydrogens (tertiary/aromatic N) is 4. The highest BCUT2D eigenvalue weighted by molar-refractivity contribution is 5.74. The zero-order chi connectivity index (χ0) is 24.1. The summed E-state index contributed by atoms with van der Waals surface area (Å²) in [7, 11) is 1.77. The van der Waals surface area contributed by atoms with Crippen molar-refractivity contribution >= 4 is 12.0 Å². The number of urea groups is 1. The van der Waals surface area contributed by atoms with Crippen LogP contribution in [-0.2, 0) is 18.4 Å². The summed E-state index contributed by atoms with van der Waals surface area (Å²) in [5.41, 5.74) is 2.65. The SMILES string of the molecule is Cc1nc(-c2nnn(C)c2CNC(=O)NC(C)C(C)C)ccc1O[C@H]1CCC[C@H](C(=O)O)C1. The molecule has 0 bridgehead atoms. The Morgan fingerprint density at radius 1 is 1.27 bits per heavy atom. The molecule has 180 valence electrons. The molecule has 1 fully saturated rings. The minimum absolute atomic E-state index is 0.0564. The Labute approximate surface area is 194 Å². The highest BCUT2D eigenvalue weighted by atomic mass is 16.5. The largest absolute Gasteiger partial charge is 0.489 e. The van der Waals surface area contributed by atoms with Gasteiger partial charge in [0.05, 0.1) is 35.6 Å². The van der Waals surface area contributed by atoms with Gasteiger partial charge in [-0.2, -0.15) is 0 Å². The van der Waals surface area contributed by atoms with E-state index < -0.39 is 5.97 Å². The van der Waals surface area contributed by atoms with E-state index in [0.29, 0.717) is 41.6 Å². The van der Waals surface area contributed by atoms with Crippen LogP contribution < -0.4 is 15.4 Å². The predicted octanol–water partition coefficient (Wildman–Crippen LogP) is 3.05. The van der Waals surface area contributed by atoms with Crippen LogP contribution >= 0.6 is 0 Å². The number of carboxylic acids is 1. The normalized spacial score (nSPS) is 19.2. The Morgan fingerprint density at radius 2 is 2.03 bits per heavy atom. The lowest BCUT2D eigenvalue weighted by Crippen LogP contribution is -2.42. The lowest BCUT2D eigenvalue weighted by Gasteiger charge is -2.27. The van der Waals surface area contributed by atoms with Crippen molar-refractivity contribution in [1.29, 1.82) is 0 Å². The summed E-state index contributed by atoms with van der Waals surface area (Å²) < 4.78 is 7.72. The average molecular weight is 459 g/mol. The molecule has 2 aromatic rings. The predicted molar refractivity (Wildman–Crippen MR) is 123 cm³/mol. The number of aliphatic carboxylic acids is 1. The van der Waals surface area contributed by atoms with Crippen molar-refractivity contribution in [3.63, 3.8) is 0 Å². The third-order valence-electron chi connectivity index (χ3n) is 6.27. The summed E-state index contributed by atoms with van der Waals surface area (Å²) >= 11 is 0. The molecule has 3 rings (SSSR count). The molecule has 0 spiro atoms. The van der Waals surface area contributed by atoms with Gasteiger partial charge in [-0.05, 0) is 57.6 Å². The van der Waals surface area contributed by atoms with Gasteiger partial charge < -0.3 is 20.5 Å². The standard InChI is InChI=1S/C23H34N6O4/c1-13(2)14(3)26-23(32)24-12-19-21(27-28-29(19)5)18-9-10-20(15(4)25-18)33-17-8-6-7-16(11-17)22(30)31/h9-10,13-14,16-17H,6-8,11-12H2,1-5H3,(H,30,31)(H2,24,26,32)/t14?,16-,17-/m0/s1. The summed E-state index contributed by atoms with van der Waals surface area (Å²) in [6.07, 6.45) is 2.75. The van der Waals surface area contributed by atoms with Gasteiger partial charge >= 0.3 is 12.0 Å². The summed E-state index contributed by atoms with van der Waals surface area (Å²) in [5.74, 6) is -0.141. The van der Waals surface area contributed by atoms with Gasteiger partial charge in [-0.25, -0.2) is 14.5 Å². The molecule has 1 saturated carbocycles. The Kier molecular flexibility index (Phi) is 7.88. The number of ether oxygens (including phenoxy) is 1. The lowest BCUT2D eigenvalue weighted by atomic mass is 9.87. The highest BCUT2D eigenvalue weighted by Crippen LogP contribution is 2.30. The monoisotopic (exact) mass is 458 g/mol. The molecule has 0 aromatic carbocycles. The molecule has 2 amide bonds. The Morgan fingerprint density at radius 3 is 2.70 bits per heavy atom. The van der Waals surface area contributed by atoms with Gasteiger partial charge in [-0.1, -0.05) is 19.1 Å². The lowest BCUT2D eigenvalue weighted by molar-refractivity contribution is -0.143. The Balaban J connectivity index is 1.69. The maximum absolute atomic E-state index is 12.2. The molecule has 1 unspecified atom stereocenters. The number of aryl methyl sites for hydroxylation is 2. The van der Waals surface area contributed by atoms with Crippen LogP contribution in [0.3, 0.4) is 0 Å². The number of carbonyl (C=O) groups is 2. The zero-order valence-corrected chi connectivity index (χ0v) is 20.0. The molecule has 0 saturated heterocycles. The second-order valence-corrected chi connectivity index (χ2v) is 9.09. The van der Waals surface area contributed by atoms with Crippen molar-refractivity contribution in [2.45, 2.75) is 72.1 Å². The fourth-order valence-electron chi connectivity index (χ4n) is 3.82. The number of aromatic nitrogens is 4. The van der Waals surface area contributed by atoms with Crippen molar-refractivity contribution in [3.8, 4) is 17.1 Å². The van der Waals surface area contributed by atoms with E-state index in [1.54, 1.807) is 11.7 Å². The highest BCUT2D eigenvalue weighted by Gasteiger charge is 2.28. The maximum Gasteiger partial charge on any atom is 0.315 e. The number of carbonyl (C=O) groups excluding carboxylic acids is 1. The quantitative estimate of drug-likeness (QED) is 0.554. The van der Waals surface area contributed by atoms with Crippen LogP contribution in [-0.4, -0.2) is 49.2 Å². The molecule has 3 atom stereocenters. The van der Waals surface area contributed by atoms with Crippen LogP contribution in [0.4, 0.5) is 4.79 Å². The third kappa shape index (κ3) is 6.21. The summed E-state index contributed by atoms with van der Waals surface area (Å²) in [4.78, 5) is 28.2. The van der Waals surface area contributed by atoms with Gasteiger partial charge in [0.15, 0.2) is 0 Å². The molecule has 1 aliphatic rings. The Bertz CT molecular complexity index is 989. The topological polar surface area (TPSA) is 131 Å². The van der Waals surface area contributed by atoms with E-state index in [1.807, 2.05) is 39.8 Å². The molecule has 0 aliphatic heterocycles. The minimum Gasteiger partial charge on any atom is -0.489 e. The third-order valence-corrected chi connectivity index (χ3v) is 6.27.